The molecule has 8 nitrogen and oxygen atoms in total. The third-order valence-corrected chi connectivity index (χ3v) is 6.77. The highest BCUT2D eigenvalue weighted by atomic mass is 32.2. The molecule has 2 heterocycles. The average Bonchev–Trinajstić information content (AvgIpc) is 2.73. The number of sulfonamides is 1. The molecule has 1 aliphatic rings. The van der Waals surface area contributed by atoms with Gasteiger partial charge in [0.1, 0.15) is 0 Å². The topological polar surface area (TPSA) is 97.7 Å². The summed E-state index contributed by atoms with van der Waals surface area (Å²) in [7, 11) is -1.86. The zero-order valence-electron chi connectivity index (χ0n) is 16.3. The van der Waals surface area contributed by atoms with E-state index in [1.54, 1.807) is 12.1 Å². The molecule has 0 radical (unpaired) electrons. The third kappa shape index (κ3) is 5.31. The van der Waals surface area contributed by atoms with Crippen LogP contribution in [0.3, 0.4) is 0 Å². The molecular formula is C20H25N3O5S. The molecule has 2 aromatic rings. The first kappa shape index (κ1) is 21.2. The van der Waals surface area contributed by atoms with Gasteiger partial charge >= 0.3 is 0 Å². The maximum absolute atomic E-state index is 12.7. The molecule has 29 heavy (non-hydrogen) atoms. The number of methoxy groups -OCH3 is 1. The van der Waals surface area contributed by atoms with Crippen molar-refractivity contribution in [1.82, 2.24) is 14.2 Å². The molecule has 0 unspecified atom stereocenters. The van der Waals surface area contributed by atoms with Crippen LogP contribution >= 0.6 is 0 Å². The molecule has 156 valence electrons. The second kappa shape index (κ2) is 9.34. The van der Waals surface area contributed by atoms with E-state index >= 15 is 0 Å². The van der Waals surface area contributed by atoms with E-state index < -0.39 is 10.0 Å². The number of ether oxygens (including phenoxy) is 1. The van der Waals surface area contributed by atoms with Crippen LogP contribution in [0, 0.1) is 0 Å². The lowest BCUT2D eigenvalue weighted by Crippen LogP contribution is -2.47. The van der Waals surface area contributed by atoms with Gasteiger partial charge in [0.05, 0.1) is 17.9 Å². The van der Waals surface area contributed by atoms with Gasteiger partial charge in [-0.25, -0.2) is 12.7 Å². The van der Waals surface area contributed by atoms with Crippen LogP contribution in [0.4, 0.5) is 0 Å². The minimum Gasteiger partial charge on any atom is -0.384 e. The summed E-state index contributed by atoms with van der Waals surface area (Å²) in [5.74, 6) is -0.322. The fourth-order valence-electron chi connectivity index (χ4n) is 3.28. The Balaban J connectivity index is 1.63. The largest absolute Gasteiger partial charge is 0.384 e. The number of piperidine rings is 1. The van der Waals surface area contributed by atoms with Gasteiger partial charge in [-0.1, -0.05) is 18.2 Å². The van der Waals surface area contributed by atoms with Crippen molar-refractivity contribution < 1.29 is 17.9 Å². The first-order valence-electron chi connectivity index (χ1n) is 9.46. The number of aromatic nitrogens is 1. The van der Waals surface area contributed by atoms with Crippen molar-refractivity contribution in [2.75, 3.05) is 32.6 Å². The molecule has 0 aliphatic carbocycles. The number of rotatable bonds is 7. The standard InChI is InChI=1S/C20H25N3O5S/c1-28-13-14-29(26,27)22-11-9-17(10-12-22)21-20(25)16-7-8-19(24)23(15-16)18-5-3-2-4-6-18/h2-8,15,17H,9-14H2,1H3,(H,21,25). The Hall–Kier alpha value is -2.49. The molecule has 3 rings (SSSR count). The minimum atomic E-state index is -3.33. The summed E-state index contributed by atoms with van der Waals surface area (Å²) in [6.45, 7) is 0.886. The Kier molecular flexibility index (Phi) is 6.83. The molecule has 1 N–H and O–H groups in total. The number of para-hydroxylation sites is 1. The van der Waals surface area contributed by atoms with Crippen LogP contribution in [-0.2, 0) is 14.8 Å². The molecule has 1 aromatic heterocycles. The number of benzene rings is 1. The van der Waals surface area contributed by atoms with Crippen LogP contribution in [0.5, 0.6) is 0 Å². The highest BCUT2D eigenvalue weighted by molar-refractivity contribution is 7.89. The van der Waals surface area contributed by atoms with Crippen LogP contribution in [0.2, 0.25) is 0 Å². The number of hydrogen-bond donors (Lipinski definition) is 1. The van der Waals surface area contributed by atoms with Crippen molar-refractivity contribution in [1.29, 1.82) is 0 Å². The second-order valence-electron chi connectivity index (χ2n) is 6.92. The summed E-state index contributed by atoms with van der Waals surface area (Å²) in [6, 6.07) is 11.8. The first-order chi connectivity index (χ1) is 13.9. The van der Waals surface area contributed by atoms with Gasteiger partial charge in [-0.3, -0.25) is 14.2 Å². The van der Waals surface area contributed by atoms with E-state index in [1.807, 2.05) is 18.2 Å². The van der Waals surface area contributed by atoms with Gasteiger partial charge in [-0.2, -0.15) is 0 Å². The van der Waals surface area contributed by atoms with E-state index in [0.29, 0.717) is 37.2 Å². The summed E-state index contributed by atoms with van der Waals surface area (Å²) >= 11 is 0. The molecule has 0 spiro atoms. The number of nitrogens with one attached hydrogen (secondary N) is 1. The smallest absolute Gasteiger partial charge is 0.255 e. The Morgan fingerprint density at radius 1 is 1.14 bits per heavy atom. The van der Waals surface area contributed by atoms with E-state index in [-0.39, 0.29) is 29.9 Å². The molecule has 0 atom stereocenters. The summed E-state index contributed by atoms with van der Waals surface area (Å²) < 4.78 is 32.2. The molecule has 0 saturated carbocycles. The fraction of sp³-hybridized carbons (Fsp3) is 0.400. The van der Waals surface area contributed by atoms with Crippen LogP contribution < -0.4 is 10.9 Å². The molecule has 1 aromatic carbocycles. The Morgan fingerprint density at radius 3 is 2.48 bits per heavy atom. The molecule has 9 heteroatoms. The summed E-state index contributed by atoms with van der Waals surface area (Å²) in [5, 5.41) is 2.95. The van der Waals surface area contributed by atoms with Crippen LogP contribution in [-0.4, -0.2) is 61.8 Å². The van der Waals surface area contributed by atoms with Gasteiger partial charge in [-0.05, 0) is 31.0 Å². The van der Waals surface area contributed by atoms with Gasteiger partial charge in [0.15, 0.2) is 0 Å². The van der Waals surface area contributed by atoms with Gasteiger partial charge < -0.3 is 10.1 Å². The third-order valence-electron chi connectivity index (χ3n) is 4.94. The molecule has 1 amide bonds. The monoisotopic (exact) mass is 419 g/mol. The number of hydrogen-bond acceptors (Lipinski definition) is 5. The second-order valence-corrected chi connectivity index (χ2v) is 9.01. The number of carbonyl (C=O) groups excluding carboxylic acids is 1. The van der Waals surface area contributed by atoms with Gasteiger partial charge in [0, 0.05) is 44.2 Å². The number of nitrogens with zero attached hydrogens (tertiary/aromatic N) is 2. The lowest BCUT2D eigenvalue weighted by molar-refractivity contribution is 0.0923. The Bertz CT molecular complexity index is 996. The number of carbonyl (C=O) groups is 1. The van der Waals surface area contributed by atoms with Gasteiger partial charge in [0.25, 0.3) is 11.5 Å². The maximum Gasteiger partial charge on any atom is 0.255 e. The normalized spacial score (nSPS) is 15.9. The Labute approximate surface area is 170 Å². The number of amides is 1. The fourth-order valence-corrected chi connectivity index (χ4v) is 4.68. The van der Waals surface area contributed by atoms with Crippen molar-refractivity contribution in [3.05, 3.63) is 64.6 Å². The predicted molar refractivity (Wildman–Crippen MR) is 110 cm³/mol. The summed E-state index contributed by atoms with van der Waals surface area (Å²) in [5.41, 5.74) is 0.840. The molecule has 1 fully saturated rings. The number of pyridine rings is 1. The maximum atomic E-state index is 12.7. The van der Waals surface area contributed by atoms with E-state index in [2.05, 4.69) is 5.32 Å². The van der Waals surface area contributed by atoms with E-state index in [9.17, 15) is 18.0 Å². The molecule has 1 saturated heterocycles. The predicted octanol–water partition coefficient (Wildman–Crippen LogP) is 1.01. The quantitative estimate of drug-likeness (QED) is 0.722. The lowest BCUT2D eigenvalue weighted by Gasteiger charge is -2.31. The van der Waals surface area contributed by atoms with Gasteiger partial charge in [0.2, 0.25) is 10.0 Å². The lowest BCUT2D eigenvalue weighted by atomic mass is 10.1. The minimum absolute atomic E-state index is 0.0401. The van der Waals surface area contributed by atoms with Crippen molar-refractivity contribution in [2.24, 2.45) is 0 Å². The van der Waals surface area contributed by atoms with E-state index in [0.717, 1.165) is 0 Å². The Morgan fingerprint density at radius 2 is 1.83 bits per heavy atom. The van der Waals surface area contributed by atoms with Gasteiger partial charge in [-0.15, -0.1) is 0 Å². The van der Waals surface area contributed by atoms with Crippen LogP contribution in [0.25, 0.3) is 5.69 Å². The molecular weight excluding hydrogens is 394 g/mol. The van der Waals surface area contributed by atoms with Crippen LogP contribution in [0.15, 0.2) is 53.5 Å². The average molecular weight is 420 g/mol. The van der Waals surface area contributed by atoms with Crippen molar-refractivity contribution in [3.63, 3.8) is 0 Å². The highest BCUT2D eigenvalue weighted by Gasteiger charge is 2.28. The molecule has 1 aliphatic heterocycles. The van der Waals surface area contributed by atoms with Crippen LogP contribution in [0.1, 0.15) is 23.2 Å². The first-order valence-corrected chi connectivity index (χ1v) is 11.1. The molecule has 0 bridgehead atoms. The van der Waals surface area contributed by atoms with Crippen molar-refractivity contribution >= 4 is 15.9 Å². The summed E-state index contributed by atoms with van der Waals surface area (Å²) in [4.78, 5) is 24.8. The summed E-state index contributed by atoms with van der Waals surface area (Å²) in [6.07, 6.45) is 2.60. The van der Waals surface area contributed by atoms with Crippen molar-refractivity contribution in [3.8, 4) is 5.69 Å². The highest BCUT2D eigenvalue weighted by Crippen LogP contribution is 2.15. The zero-order chi connectivity index (χ0) is 20.9. The van der Waals surface area contributed by atoms with Crippen molar-refractivity contribution in [2.45, 2.75) is 18.9 Å². The zero-order valence-corrected chi connectivity index (χ0v) is 17.1. The van der Waals surface area contributed by atoms with E-state index in [1.165, 1.54) is 34.3 Å². The SMILES string of the molecule is COCCS(=O)(=O)N1CCC(NC(=O)c2ccc(=O)n(-c3ccccc3)c2)CC1. The van der Waals surface area contributed by atoms with E-state index in [4.69, 9.17) is 4.74 Å².